The second-order valence-electron chi connectivity index (χ2n) is 6.66. The zero-order valence-corrected chi connectivity index (χ0v) is 14.7. The molecule has 0 heterocycles. The highest BCUT2D eigenvalue weighted by Crippen LogP contribution is 2.43. The Kier molecular flexibility index (Phi) is 5.89. The van der Waals surface area contributed by atoms with E-state index in [-0.39, 0.29) is 30.4 Å². The maximum atomic E-state index is 12.1. The molecule has 3 rings (SSSR count). The predicted octanol–water partition coefficient (Wildman–Crippen LogP) is 2.42. The van der Waals surface area contributed by atoms with Crippen LogP contribution in [0.5, 0.6) is 5.75 Å². The maximum Gasteiger partial charge on any atom is 0.258 e. The normalized spacial score (nSPS) is 14.8. The molecular formula is C21H24N2O3. The first-order valence-corrected chi connectivity index (χ1v) is 8.95. The standard InChI is InChI=1S/C21H24N2O3/c24-19(14-22-20(25)15-26-18-10-5-2-6-11-18)23-16-21(12-7-13-21)17-8-3-1-4-9-17/h1-6,8-11H,7,12-16H2,(H,22,25)(H,23,24). The van der Waals surface area contributed by atoms with Crippen LogP contribution in [0.25, 0.3) is 0 Å². The fourth-order valence-corrected chi connectivity index (χ4v) is 3.19. The fraction of sp³-hybridized carbons (Fsp3) is 0.333. The zero-order valence-electron chi connectivity index (χ0n) is 14.7. The molecule has 1 fully saturated rings. The third-order valence-electron chi connectivity index (χ3n) is 4.88. The van der Waals surface area contributed by atoms with E-state index in [9.17, 15) is 9.59 Å². The van der Waals surface area contributed by atoms with Crippen molar-refractivity contribution in [1.29, 1.82) is 0 Å². The Balaban J connectivity index is 1.39. The molecule has 1 aliphatic carbocycles. The van der Waals surface area contributed by atoms with Gasteiger partial charge in [-0.15, -0.1) is 0 Å². The summed E-state index contributed by atoms with van der Waals surface area (Å²) in [4.78, 5) is 23.9. The molecule has 0 aliphatic heterocycles. The number of amides is 2. The first-order chi connectivity index (χ1) is 12.7. The van der Waals surface area contributed by atoms with Gasteiger partial charge < -0.3 is 15.4 Å². The number of benzene rings is 2. The smallest absolute Gasteiger partial charge is 0.258 e. The summed E-state index contributed by atoms with van der Waals surface area (Å²) in [7, 11) is 0. The average molecular weight is 352 g/mol. The van der Waals surface area contributed by atoms with Gasteiger partial charge in [0, 0.05) is 12.0 Å². The van der Waals surface area contributed by atoms with E-state index < -0.39 is 0 Å². The van der Waals surface area contributed by atoms with Gasteiger partial charge in [-0.2, -0.15) is 0 Å². The highest BCUT2D eigenvalue weighted by Gasteiger charge is 2.38. The summed E-state index contributed by atoms with van der Waals surface area (Å²) in [6, 6.07) is 19.4. The van der Waals surface area contributed by atoms with Crippen LogP contribution in [-0.4, -0.2) is 31.5 Å². The van der Waals surface area contributed by atoms with E-state index in [0.717, 1.165) is 12.8 Å². The zero-order chi connectivity index (χ0) is 18.2. The molecule has 2 N–H and O–H groups in total. The van der Waals surface area contributed by atoms with Gasteiger partial charge in [-0.25, -0.2) is 0 Å². The van der Waals surface area contributed by atoms with Crippen LogP contribution in [0.1, 0.15) is 24.8 Å². The van der Waals surface area contributed by atoms with Crippen LogP contribution in [0.15, 0.2) is 60.7 Å². The van der Waals surface area contributed by atoms with E-state index in [4.69, 9.17) is 4.74 Å². The number of carbonyl (C=O) groups is 2. The van der Waals surface area contributed by atoms with Crippen LogP contribution < -0.4 is 15.4 Å². The van der Waals surface area contributed by atoms with Crippen molar-refractivity contribution in [3.63, 3.8) is 0 Å². The maximum absolute atomic E-state index is 12.1. The molecule has 2 aromatic rings. The minimum absolute atomic E-state index is 0.0390. The lowest BCUT2D eigenvalue weighted by molar-refractivity contribution is -0.127. The highest BCUT2D eigenvalue weighted by molar-refractivity contribution is 5.85. The largest absolute Gasteiger partial charge is 0.484 e. The van der Waals surface area contributed by atoms with Gasteiger partial charge in [-0.3, -0.25) is 9.59 Å². The lowest BCUT2D eigenvalue weighted by atomic mass is 9.64. The Morgan fingerprint density at radius 3 is 2.15 bits per heavy atom. The number of ether oxygens (including phenoxy) is 1. The molecule has 0 saturated heterocycles. The summed E-state index contributed by atoms with van der Waals surface area (Å²) in [5.41, 5.74) is 1.31. The van der Waals surface area contributed by atoms with Crippen LogP contribution in [0, 0.1) is 0 Å². The molecule has 5 heteroatoms. The molecule has 2 aromatic carbocycles. The molecular weight excluding hydrogens is 328 g/mol. The molecule has 0 aromatic heterocycles. The van der Waals surface area contributed by atoms with Gasteiger partial charge in [0.15, 0.2) is 6.61 Å². The molecule has 2 amide bonds. The van der Waals surface area contributed by atoms with Crippen molar-refractivity contribution in [2.45, 2.75) is 24.7 Å². The van der Waals surface area contributed by atoms with Crippen molar-refractivity contribution >= 4 is 11.8 Å². The first kappa shape index (κ1) is 18.0. The van der Waals surface area contributed by atoms with Gasteiger partial charge in [-0.05, 0) is 30.5 Å². The number of hydrogen-bond donors (Lipinski definition) is 2. The van der Waals surface area contributed by atoms with Gasteiger partial charge in [0.1, 0.15) is 5.75 Å². The van der Waals surface area contributed by atoms with Crippen LogP contribution >= 0.6 is 0 Å². The van der Waals surface area contributed by atoms with E-state index in [0.29, 0.717) is 12.3 Å². The Hall–Kier alpha value is -2.82. The molecule has 1 aliphatic rings. The Morgan fingerprint density at radius 2 is 1.54 bits per heavy atom. The van der Waals surface area contributed by atoms with Crippen LogP contribution in [0.3, 0.4) is 0 Å². The van der Waals surface area contributed by atoms with E-state index in [1.165, 1.54) is 12.0 Å². The molecule has 1 saturated carbocycles. The summed E-state index contributed by atoms with van der Waals surface area (Å²) in [5, 5.41) is 5.55. The van der Waals surface area contributed by atoms with E-state index in [1.54, 1.807) is 12.1 Å². The summed E-state index contributed by atoms with van der Waals surface area (Å²) >= 11 is 0. The molecule has 5 nitrogen and oxygen atoms in total. The summed E-state index contributed by atoms with van der Waals surface area (Å²) < 4.78 is 5.35. The second-order valence-corrected chi connectivity index (χ2v) is 6.66. The van der Waals surface area contributed by atoms with Gasteiger partial charge in [0.05, 0.1) is 6.54 Å². The van der Waals surface area contributed by atoms with Gasteiger partial charge in [0.2, 0.25) is 5.91 Å². The highest BCUT2D eigenvalue weighted by atomic mass is 16.5. The van der Waals surface area contributed by atoms with Crippen molar-refractivity contribution in [3.8, 4) is 5.75 Å². The summed E-state index contributed by atoms with van der Waals surface area (Å²) in [5.74, 6) is 0.132. The monoisotopic (exact) mass is 352 g/mol. The number of rotatable bonds is 8. The molecule has 136 valence electrons. The lowest BCUT2D eigenvalue weighted by Gasteiger charge is -2.42. The third kappa shape index (κ3) is 4.63. The third-order valence-corrected chi connectivity index (χ3v) is 4.88. The Labute approximate surface area is 153 Å². The van der Waals surface area contributed by atoms with Crippen LogP contribution in [0.4, 0.5) is 0 Å². The minimum atomic E-state index is -0.314. The van der Waals surface area contributed by atoms with Crippen molar-refractivity contribution in [3.05, 3.63) is 66.2 Å². The Bertz CT molecular complexity index is 727. The van der Waals surface area contributed by atoms with Crippen molar-refractivity contribution < 1.29 is 14.3 Å². The van der Waals surface area contributed by atoms with Crippen LogP contribution in [0.2, 0.25) is 0 Å². The van der Waals surface area contributed by atoms with E-state index in [1.807, 2.05) is 36.4 Å². The molecule has 0 atom stereocenters. The van der Waals surface area contributed by atoms with E-state index in [2.05, 4.69) is 22.8 Å². The molecule has 0 radical (unpaired) electrons. The average Bonchev–Trinajstić information content (AvgIpc) is 2.65. The van der Waals surface area contributed by atoms with Crippen molar-refractivity contribution in [1.82, 2.24) is 10.6 Å². The number of carbonyl (C=O) groups excluding carboxylic acids is 2. The van der Waals surface area contributed by atoms with Crippen molar-refractivity contribution in [2.24, 2.45) is 0 Å². The predicted molar refractivity (Wildman–Crippen MR) is 99.9 cm³/mol. The summed E-state index contributed by atoms with van der Waals surface area (Å²) in [6.45, 7) is 0.458. The fourth-order valence-electron chi connectivity index (χ4n) is 3.19. The van der Waals surface area contributed by atoms with Gasteiger partial charge in [0.25, 0.3) is 5.91 Å². The topological polar surface area (TPSA) is 67.4 Å². The molecule has 0 spiro atoms. The first-order valence-electron chi connectivity index (χ1n) is 8.95. The quantitative estimate of drug-likeness (QED) is 0.767. The number of hydrogen-bond acceptors (Lipinski definition) is 3. The van der Waals surface area contributed by atoms with Gasteiger partial charge >= 0.3 is 0 Å². The second kappa shape index (κ2) is 8.52. The molecule has 0 unspecified atom stereocenters. The van der Waals surface area contributed by atoms with Gasteiger partial charge in [-0.1, -0.05) is 55.0 Å². The molecule has 26 heavy (non-hydrogen) atoms. The van der Waals surface area contributed by atoms with E-state index >= 15 is 0 Å². The summed E-state index contributed by atoms with van der Waals surface area (Å²) in [6.07, 6.45) is 3.33. The van der Waals surface area contributed by atoms with Crippen molar-refractivity contribution in [2.75, 3.05) is 19.7 Å². The lowest BCUT2D eigenvalue weighted by Crippen LogP contribution is -2.48. The number of nitrogens with one attached hydrogen (secondary N) is 2. The SMILES string of the molecule is O=C(CNC(=O)COc1ccccc1)NCC1(c2ccccc2)CCC1. The minimum Gasteiger partial charge on any atom is -0.484 e. The van der Waals surface area contributed by atoms with Crippen LogP contribution in [-0.2, 0) is 15.0 Å². The Morgan fingerprint density at radius 1 is 0.885 bits per heavy atom. The number of para-hydroxylation sites is 1. The molecule has 0 bridgehead atoms.